The minimum atomic E-state index is 0.0548. The lowest BCUT2D eigenvalue weighted by Crippen LogP contribution is -2.39. The number of fused-ring (bicyclic) bond motifs is 1. The molecule has 2 aliphatic rings. The monoisotopic (exact) mass is 338 g/mol. The van der Waals surface area contributed by atoms with Crippen molar-refractivity contribution in [1.82, 2.24) is 14.5 Å². The summed E-state index contributed by atoms with van der Waals surface area (Å²) in [6, 6.07) is 5.48. The zero-order valence-electron chi connectivity index (χ0n) is 14.7. The highest BCUT2D eigenvalue weighted by atomic mass is 16.1. The van der Waals surface area contributed by atoms with Crippen LogP contribution in [0.2, 0.25) is 0 Å². The van der Waals surface area contributed by atoms with Crippen molar-refractivity contribution in [2.75, 3.05) is 18.0 Å². The highest BCUT2D eigenvalue weighted by molar-refractivity contribution is 5.59. The van der Waals surface area contributed by atoms with Crippen LogP contribution in [0.25, 0.3) is 11.3 Å². The van der Waals surface area contributed by atoms with Crippen LogP contribution in [0.1, 0.15) is 44.9 Å². The minimum absolute atomic E-state index is 0.0548. The fourth-order valence-corrected chi connectivity index (χ4v) is 4.16. The van der Waals surface area contributed by atoms with Gasteiger partial charge in [-0.1, -0.05) is 32.1 Å². The minimum Gasteiger partial charge on any atom is -0.342 e. The lowest BCUT2D eigenvalue weighted by molar-refractivity contribution is 0.337. The second kappa shape index (κ2) is 7.38. The average Bonchev–Trinajstić information content (AvgIpc) is 2.68. The van der Waals surface area contributed by atoms with Crippen LogP contribution in [-0.2, 0) is 6.54 Å². The van der Waals surface area contributed by atoms with E-state index in [0.29, 0.717) is 0 Å². The van der Waals surface area contributed by atoms with Crippen molar-refractivity contribution in [3.63, 3.8) is 0 Å². The van der Waals surface area contributed by atoms with E-state index < -0.39 is 0 Å². The van der Waals surface area contributed by atoms with Crippen LogP contribution in [0.3, 0.4) is 0 Å². The van der Waals surface area contributed by atoms with Gasteiger partial charge in [-0.2, -0.15) is 0 Å². The van der Waals surface area contributed by atoms with Gasteiger partial charge in [-0.3, -0.25) is 14.3 Å². The van der Waals surface area contributed by atoms with Crippen LogP contribution in [-0.4, -0.2) is 27.6 Å². The van der Waals surface area contributed by atoms with Crippen molar-refractivity contribution >= 4 is 5.95 Å². The molecule has 5 nitrogen and oxygen atoms in total. The summed E-state index contributed by atoms with van der Waals surface area (Å²) < 4.78 is 1.84. The number of hydrogen-bond donors (Lipinski definition) is 0. The van der Waals surface area contributed by atoms with Crippen LogP contribution in [0.4, 0.5) is 5.95 Å². The van der Waals surface area contributed by atoms with Crippen molar-refractivity contribution in [3.05, 3.63) is 40.9 Å². The zero-order valence-corrected chi connectivity index (χ0v) is 14.7. The quantitative estimate of drug-likeness (QED) is 0.856. The molecule has 1 saturated carbocycles. The number of hydrogen-bond acceptors (Lipinski definition) is 4. The third-order valence-corrected chi connectivity index (χ3v) is 5.59. The topological polar surface area (TPSA) is 51.0 Å². The number of anilines is 1. The Morgan fingerprint density at radius 3 is 2.64 bits per heavy atom. The Labute approximate surface area is 148 Å². The van der Waals surface area contributed by atoms with E-state index in [1.807, 2.05) is 16.7 Å². The van der Waals surface area contributed by atoms with Crippen molar-refractivity contribution in [2.24, 2.45) is 5.92 Å². The summed E-state index contributed by atoms with van der Waals surface area (Å²) in [5.41, 5.74) is 1.76. The molecular weight excluding hydrogens is 312 g/mol. The standard InChI is InChI=1S/C20H26N4O/c25-19-15-18(17-7-10-21-11-8-17)22-20-23(12-4-13-24(19)20)14-9-16-5-2-1-3-6-16/h7-8,10-11,15-16H,1-6,9,12-14H2. The highest BCUT2D eigenvalue weighted by Crippen LogP contribution is 2.28. The maximum atomic E-state index is 12.6. The van der Waals surface area contributed by atoms with Crippen LogP contribution in [0.5, 0.6) is 0 Å². The van der Waals surface area contributed by atoms with Crippen LogP contribution < -0.4 is 10.5 Å². The molecule has 0 bridgehead atoms. The third-order valence-electron chi connectivity index (χ3n) is 5.59. The predicted octanol–water partition coefficient (Wildman–Crippen LogP) is 3.49. The molecule has 5 heteroatoms. The van der Waals surface area contributed by atoms with Gasteiger partial charge < -0.3 is 4.90 Å². The van der Waals surface area contributed by atoms with E-state index in [9.17, 15) is 4.79 Å². The Hall–Kier alpha value is -2.17. The fourth-order valence-electron chi connectivity index (χ4n) is 4.16. The average molecular weight is 338 g/mol. The van der Waals surface area contributed by atoms with Gasteiger partial charge in [0.25, 0.3) is 5.56 Å². The van der Waals surface area contributed by atoms with Gasteiger partial charge in [0.05, 0.1) is 5.69 Å². The Morgan fingerprint density at radius 2 is 1.84 bits per heavy atom. The molecule has 0 spiro atoms. The molecule has 0 saturated heterocycles. The van der Waals surface area contributed by atoms with Gasteiger partial charge in [-0.05, 0) is 30.9 Å². The van der Waals surface area contributed by atoms with Crippen molar-refractivity contribution < 1.29 is 0 Å². The van der Waals surface area contributed by atoms with Crippen LogP contribution >= 0.6 is 0 Å². The van der Waals surface area contributed by atoms with Crippen LogP contribution in [0, 0.1) is 5.92 Å². The highest BCUT2D eigenvalue weighted by Gasteiger charge is 2.22. The number of nitrogens with zero attached hydrogens (tertiary/aromatic N) is 4. The Kier molecular flexibility index (Phi) is 4.81. The second-order valence-electron chi connectivity index (χ2n) is 7.30. The smallest absolute Gasteiger partial charge is 0.255 e. The van der Waals surface area contributed by atoms with Gasteiger partial charge in [0, 0.05) is 43.7 Å². The molecule has 1 aliphatic carbocycles. The summed E-state index contributed by atoms with van der Waals surface area (Å²) in [5.74, 6) is 1.70. The first-order chi connectivity index (χ1) is 12.3. The molecule has 132 valence electrons. The van der Waals surface area contributed by atoms with E-state index in [4.69, 9.17) is 4.98 Å². The van der Waals surface area contributed by atoms with E-state index in [1.54, 1.807) is 18.5 Å². The van der Waals surface area contributed by atoms with Crippen molar-refractivity contribution in [2.45, 2.75) is 51.5 Å². The second-order valence-corrected chi connectivity index (χ2v) is 7.30. The van der Waals surface area contributed by atoms with Crippen LogP contribution in [0.15, 0.2) is 35.4 Å². The fraction of sp³-hybridized carbons (Fsp3) is 0.550. The SMILES string of the molecule is O=c1cc(-c2ccncc2)nc2n1CCCN2CCC1CCCCC1. The lowest BCUT2D eigenvalue weighted by atomic mass is 9.87. The van der Waals surface area contributed by atoms with E-state index >= 15 is 0 Å². The Bertz CT molecular complexity index is 765. The Morgan fingerprint density at radius 1 is 1.04 bits per heavy atom. The molecule has 0 aromatic carbocycles. The van der Waals surface area contributed by atoms with E-state index in [-0.39, 0.29) is 5.56 Å². The summed E-state index contributed by atoms with van der Waals surface area (Å²) in [6.45, 7) is 2.79. The van der Waals surface area contributed by atoms with Gasteiger partial charge in [0.1, 0.15) is 0 Å². The van der Waals surface area contributed by atoms with Gasteiger partial charge in [0.15, 0.2) is 0 Å². The normalized spacial score (nSPS) is 18.2. The molecule has 0 radical (unpaired) electrons. The first kappa shape index (κ1) is 16.3. The molecule has 25 heavy (non-hydrogen) atoms. The van der Waals surface area contributed by atoms with Gasteiger partial charge in [-0.25, -0.2) is 4.98 Å². The summed E-state index contributed by atoms with van der Waals surface area (Å²) in [4.78, 5) is 23.8. The predicted molar refractivity (Wildman–Crippen MR) is 99.8 cm³/mol. The van der Waals surface area contributed by atoms with Gasteiger partial charge in [-0.15, -0.1) is 0 Å². The Balaban J connectivity index is 1.58. The van der Waals surface area contributed by atoms with Crippen molar-refractivity contribution in [1.29, 1.82) is 0 Å². The number of aromatic nitrogens is 3. The lowest BCUT2D eigenvalue weighted by Gasteiger charge is -2.32. The first-order valence-corrected chi connectivity index (χ1v) is 9.58. The van der Waals surface area contributed by atoms with Gasteiger partial charge >= 0.3 is 0 Å². The van der Waals surface area contributed by atoms with Crippen molar-refractivity contribution in [3.8, 4) is 11.3 Å². The van der Waals surface area contributed by atoms with Gasteiger partial charge in [0.2, 0.25) is 5.95 Å². The van der Waals surface area contributed by atoms with E-state index in [0.717, 1.165) is 49.2 Å². The molecule has 0 N–H and O–H groups in total. The molecule has 0 unspecified atom stereocenters. The molecule has 3 heterocycles. The summed E-state index contributed by atoms with van der Waals surface area (Å²) in [6.07, 6.45) is 12.6. The summed E-state index contributed by atoms with van der Waals surface area (Å²) in [7, 11) is 0. The maximum absolute atomic E-state index is 12.6. The van der Waals surface area contributed by atoms with E-state index in [2.05, 4.69) is 9.88 Å². The first-order valence-electron chi connectivity index (χ1n) is 9.58. The molecule has 4 rings (SSSR count). The molecule has 0 amide bonds. The summed E-state index contributed by atoms with van der Waals surface area (Å²) in [5, 5.41) is 0. The summed E-state index contributed by atoms with van der Waals surface area (Å²) >= 11 is 0. The third kappa shape index (κ3) is 3.60. The molecule has 1 fully saturated rings. The zero-order chi connectivity index (χ0) is 17.1. The molecule has 0 atom stereocenters. The number of pyridine rings is 1. The molecular formula is C20H26N4O. The van der Waals surface area contributed by atoms with E-state index in [1.165, 1.54) is 38.5 Å². The maximum Gasteiger partial charge on any atom is 0.255 e. The number of rotatable bonds is 4. The largest absolute Gasteiger partial charge is 0.342 e. The molecule has 2 aromatic heterocycles. The molecule has 1 aliphatic heterocycles. The molecule has 2 aromatic rings.